The number of anilines is 1. The van der Waals surface area contributed by atoms with Crippen LogP contribution in [0, 0.1) is 0 Å². The van der Waals surface area contributed by atoms with Crippen LogP contribution in [0.2, 0.25) is 0 Å². The van der Waals surface area contributed by atoms with Gasteiger partial charge in [-0.05, 0) is 39.8 Å². The van der Waals surface area contributed by atoms with Crippen LogP contribution in [-0.4, -0.2) is 56.5 Å². The molecule has 0 radical (unpaired) electrons. The highest BCUT2D eigenvalue weighted by molar-refractivity contribution is 5.69. The average molecular weight is 336 g/mol. The molecule has 1 saturated heterocycles. The highest BCUT2D eigenvalue weighted by Crippen LogP contribution is 2.33. The molecular formula is C18H28N2O4. The zero-order valence-electron chi connectivity index (χ0n) is 15.5. The molecule has 6 heteroatoms. The molecule has 0 aromatic heterocycles. The van der Waals surface area contributed by atoms with Gasteiger partial charge < -0.3 is 24.0 Å². The SMILES string of the molecule is COc1ccc(N2CCN(C(=O)OC(C)(C)C)C(C)C2)c(OC)c1. The number of nitrogens with zero attached hydrogens (tertiary/aromatic N) is 2. The Kier molecular flexibility index (Phi) is 5.47. The zero-order chi connectivity index (χ0) is 17.9. The first-order valence-electron chi connectivity index (χ1n) is 8.21. The van der Waals surface area contributed by atoms with Crippen molar-refractivity contribution in [3.05, 3.63) is 18.2 Å². The van der Waals surface area contributed by atoms with Crippen molar-refractivity contribution in [1.29, 1.82) is 0 Å². The normalized spacial score (nSPS) is 18.3. The summed E-state index contributed by atoms with van der Waals surface area (Å²) in [6.45, 7) is 9.75. The van der Waals surface area contributed by atoms with Crippen molar-refractivity contribution in [2.45, 2.75) is 39.3 Å². The summed E-state index contributed by atoms with van der Waals surface area (Å²) >= 11 is 0. The molecule has 1 unspecified atom stereocenters. The number of amides is 1. The molecule has 1 heterocycles. The van der Waals surface area contributed by atoms with Gasteiger partial charge >= 0.3 is 6.09 Å². The summed E-state index contributed by atoms with van der Waals surface area (Å²) in [5.41, 5.74) is 0.529. The fourth-order valence-corrected chi connectivity index (χ4v) is 2.81. The van der Waals surface area contributed by atoms with E-state index >= 15 is 0 Å². The Morgan fingerprint density at radius 1 is 1.17 bits per heavy atom. The van der Waals surface area contributed by atoms with Crippen molar-refractivity contribution in [2.75, 3.05) is 38.8 Å². The van der Waals surface area contributed by atoms with Crippen molar-refractivity contribution in [2.24, 2.45) is 0 Å². The number of hydrogen-bond acceptors (Lipinski definition) is 5. The van der Waals surface area contributed by atoms with E-state index in [-0.39, 0.29) is 12.1 Å². The standard InChI is InChI=1S/C18H28N2O4/c1-13-12-19(9-10-20(13)17(21)24-18(2,3)4)15-8-7-14(22-5)11-16(15)23-6/h7-8,11,13H,9-10,12H2,1-6H3. The van der Waals surface area contributed by atoms with Crippen LogP contribution >= 0.6 is 0 Å². The van der Waals surface area contributed by atoms with E-state index in [0.717, 1.165) is 30.3 Å². The second-order valence-corrected chi connectivity index (χ2v) is 7.01. The van der Waals surface area contributed by atoms with Gasteiger partial charge in [-0.2, -0.15) is 0 Å². The van der Waals surface area contributed by atoms with Gasteiger partial charge in [-0.15, -0.1) is 0 Å². The van der Waals surface area contributed by atoms with Crippen molar-refractivity contribution < 1.29 is 19.0 Å². The molecule has 0 bridgehead atoms. The fraction of sp³-hybridized carbons (Fsp3) is 0.611. The molecular weight excluding hydrogens is 308 g/mol. The summed E-state index contributed by atoms with van der Waals surface area (Å²) in [5, 5.41) is 0. The quantitative estimate of drug-likeness (QED) is 0.849. The molecule has 1 aliphatic rings. The predicted octanol–water partition coefficient (Wildman–Crippen LogP) is 3.15. The Balaban J connectivity index is 2.09. The summed E-state index contributed by atoms with van der Waals surface area (Å²) in [7, 11) is 3.29. The Bertz CT molecular complexity index is 583. The van der Waals surface area contributed by atoms with Crippen LogP contribution in [0.4, 0.5) is 10.5 Å². The lowest BCUT2D eigenvalue weighted by atomic mass is 10.1. The van der Waals surface area contributed by atoms with Gasteiger partial charge in [0, 0.05) is 31.7 Å². The van der Waals surface area contributed by atoms with Crippen LogP contribution in [-0.2, 0) is 4.74 Å². The molecule has 0 N–H and O–H groups in total. The minimum absolute atomic E-state index is 0.0559. The van der Waals surface area contributed by atoms with Crippen molar-refractivity contribution in [3.63, 3.8) is 0 Å². The first-order valence-corrected chi connectivity index (χ1v) is 8.21. The number of ether oxygens (including phenoxy) is 3. The van der Waals surface area contributed by atoms with Crippen molar-refractivity contribution >= 4 is 11.8 Å². The molecule has 134 valence electrons. The maximum atomic E-state index is 12.3. The van der Waals surface area contributed by atoms with E-state index in [1.54, 1.807) is 19.1 Å². The minimum Gasteiger partial charge on any atom is -0.497 e. The third-order valence-corrected chi connectivity index (χ3v) is 3.98. The highest BCUT2D eigenvalue weighted by Gasteiger charge is 2.31. The number of methoxy groups -OCH3 is 2. The largest absolute Gasteiger partial charge is 0.497 e. The third-order valence-electron chi connectivity index (χ3n) is 3.98. The number of piperazine rings is 1. The van der Waals surface area contributed by atoms with E-state index in [0.29, 0.717) is 6.54 Å². The topological polar surface area (TPSA) is 51.2 Å². The second-order valence-electron chi connectivity index (χ2n) is 7.01. The van der Waals surface area contributed by atoms with E-state index in [2.05, 4.69) is 4.90 Å². The first kappa shape index (κ1) is 18.2. The van der Waals surface area contributed by atoms with E-state index in [4.69, 9.17) is 14.2 Å². The lowest BCUT2D eigenvalue weighted by Crippen LogP contribution is -2.55. The molecule has 6 nitrogen and oxygen atoms in total. The summed E-state index contributed by atoms with van der Waals surface area (Å²) in [6.07, 6.45) is -0.253. The molecule has 0 spiro atoms. The van der Waals surface area contributed by atoms with Crippen LogP contribution in [0.25, 0.3) is 0 Å². The molecule has 1 fully saturated rings. The molecule has 0 saturated carbocycles. The zero-order valence-corrected chi connectivity index (χ0v) is 15.5. The molecule has 1 amide bonds. The summed E-state index contributed by atoms with van der Waals surface area (Å²) in [4.78, 5) is 16.3. The van der Waals surface area contributed by atoms with Crippen molar-refractivity contribution in [1.82, 2.24) is 4.90 Å². The average Bonchev–Trinajstić information content (AvgIpc) is 2.52. The molecule has 1 aliphatic heterocycles. The minimum atomic E-state index is -0.479. The first-order chi connectivity index (χ1) is 11.2. The van der Waals surface area contributed by atoms with Crippen LogP contribution < -0.4 is 14.4 Å². The molecule has 24 heavy (non-hydrogen) atoms. The monoisotopic (exact) mass is 336 g/mol. The Morgan fingerprint density at radius 2 is 1.88 bits per heavy atom. The predicted molar refractivity (Wildman–Crippen MR) is 94.2 cm³/mol. The number of benzene rings is 1. The van der Waals surface area contributed by atoms with Crippen LogP contribution in [0.15, 0.2) is 18.2 Å². The summed E-state index contributed by atoms with van der Waals surface area (Å²) in [6, 6.07) is 5.84. The van der Waals surface area contributed by atoms with Gasteiger partial charge in [-0.25, -0.2) is 4.79 Å². The molecule has 1 aromatic carbocycles. The van der Waals surface area contributed by atoms with Crippen LogP contribution in [0.3, 0.4) is 0 Å². The maximum Gasteiger partial charge on any atom is 0.410 e. The Hall–Kier alpha value is -2.11. The number of carbonyl (C=O) groups is 1. The second kappa shape index (κ2) is 7.20. The van der Waals surface area contributed by atoms with Gasteiger partial charge in [0.15, 0.2) is 0 Å². The lowest BCUT2D eigenvalue weighted by Gasteiger charge is -2.41. The highest BCUT2D eigenvalue weighted by atomic mass is 16.6. The Labute approximate surface area is 144 Å². The number of hydrogen-bond donors (Lipinski definition) is 0. The van der Waals surface area contributed by atoms with E-state index in [1.165, 1.54) is 0 Å². The van der Waals surface area contributed by atoms with Crippen molar-refractivity contribution in [3.8, 4) is 11.5 Å². The van der Waals surface area contributed by atoms with E-state index in [1.807, 2.05) is 45.9 Å². The van der Waals surface area contributed by atoms with Crippen LogP contribution in [0.1, 0.15) is 27.7 Å². The summed E-state index contributed by atoms with van der Waals surface area (Å²) < 4.78 is 16.2. The van der Waals surface area contributed by atoms with Gasteiger partial charge in [-0.3, -0.25) is 0 Å². The van der Waals surface area contributed by atoms with Gasteiger partial charge in [0.1, 0.15) is 17.1 Å². The summed E-state index contributed by atoms with van der Waals surface area (Å²) in [5.74, 6) is 1.53. The van der Waals surface area contributed by atoms with Gasteiger partial charge in [0.25, 0.3) is 0 Å². The van der Waals surface area contributed by atoms with Gasteiger partial charge in [-0.1, -0.05) is 0 Å². The van der Waals surface area contributed by atoms with Gasteiger partial charge in [0.05, 0.1) is 19.9 Å². The molecule has 1 atom stereocenters. The van der Waals surface area contributed by atoms with E-state index in [9.17, 15) is 4.79 Å². The van der Waals surface area contributed by atoms with Crippen LogP contribution in [0.5, 0.6) is 11.5 Å². The molecule has 0 aliphatic carbocycles. The Morgan fingerprint density at radius 3 is 2.42 bits per heavy atom. The fourth-order valence-electron chi connectivity index (χ4n) is 2.81. The number of rotatable bonds is 3. The third kappa shape index (κ3) is 4.24. The smallest absolute Gasteiger partial charge is 0.410 e. The molecule has 1 aromatic rings. The maximum absolute atomic E-state index is 12.3. The molecule has 2 rings (SSSR count). The van der Waals surface area contributed by atoms with E-state index < -0.39 is 5.60 Å². The number of carbonyl (C=O) groups excluding carboxylic acids is 1. The lowest BCUT2D eigenvalue weighted by molar-refractivity contribution is 0.0159. The van der Waals surface area contributed by atoms with Gasteiger partial charge in [0.2, 0.25) is 0 Å².